The maximum Gasteiger partial charge on any atom is 0.223 e. The molecular weight excluding hydrogens is 294 g/mol. The van der Waals surface area contributed by atoms with Crippen LogP contribution in [0.25, 0.3) is 0 Å². The summed E-state index contributed by atoms with van der Waals surface area (Å²) in [6.07, 6.45) is 0. The number of hydrogen-bond donors (Lipinski definition) is 3. The van der Waals surface area contributed by atoms with E-state index in [1.165, 1.54) is 0 Å². The highest BCUT2D eigenvalue weighted by atomic mass is 79.9. The van der Waals surface area contributed by atoms with E-state index >= 15 is 0 Å². The fourth-order valence-corrected chi connectivity index (χ4v) is 2.22. The highest BCUT2D eigenvalue weighted by Gasteiger charge is 2.03. The zero-order chi connectivity index (χ0) is 13.1. The molecule has 0 unspecified atom stereocenters. The van der Waals surface area contributed by atoms with Crippen molar-refractivity contribution in [3.05, 3.63) is 34.3 Å². The van der Waals surface area contributed by atoms with Gasteiger partial charge in [-0.15, -0.1) is 0 Å². The van der Waals surface area contributed by atoms with Crippen molar-refractivity contribution in [1.29, 1.82) is 0 Å². The maximum atomic E-state index is 5.64. The number of nitrogens with two attached hydrogens (primary N) is 1. The van der Waals surface area contributed by atoms with Gasteiger partial charge in [-0.05, 0) is 30.7 Å². The third kappa shape index (κ3) is 3.10. The number of aryl methyl sites for hydroxylation is 1. The fraction of sp³-hybridized carbons (Fsp3) is 0.167. The van der Waals surface area contributed by atoms with Crippen LogP contribution in [0, 0.1) is 6.92 Å². The molecule has 0 radical (unpaired) electrons. The Balaban J connectivity index is 2.30. The minimum absolute atomic E-state index is 0.232. The molecule has 0 amide bonds. The number of rotatable bonds is 3. The van der Waals surface area contributed by atoms with Crippen molar-refractivity contribution in [2.45, 2.75) is 6.92 Å². The Labute approximate surface area is 114 Å². The van der Waals surface area contributed by atoms with Gasteiger partial charge in [0.05, 0.1) is 0 Å². The van der Waals surface area contributed by atoms with Gasteiger partial charge < -0.3 is 16.4 Å². The van der Waals surface area contributed by atoms with Crippen molar-refractivity contribution in [3.8, 4) is 0 Å². The normalized spacial score (nSPS) is 10.2. The Morgan fingerprint density at radius 1 is 1.11 bits per heavy atom. The quantitative estimate of drug-likeness (QED) is 0.813. The van der Waals surface area contributed by atoms with Gasteiger partial charge >= 0.3 is 0 Å². The van der Waals surface area contributed by atoms with Crippen LogP contribution in [-0.4, -0.2) is 17.0 Å². The number of benzene rings is 1. The molecule has 6 heteroatoms. The summed E-state index contributed by atoms with van der Waals surface area (Å²) in [6.45, 7) is 2.03. The molecule has 2 rings (SSSR count). The third-order valence-electron chi connectivity index (χ3n) is 2.31. The van der Waals surface area contributed by atoms with Crippen molar-refractivity contribution < 1.29 is 0 Å². The molecule has 94 valence electrons. The second kappa shape index (κ2) is 5.22. The summed E-state index contributed by atoms with van der Waals surface area (Å²) in [7, 11) is 1.79. The molecule has 0 aliphatic carbocycles. The number of hydrogen-bond acceptors (Lipinski definition) is 5. The molecule has 0 aliphatic rings. The number of nitrogen functional groups attached to an aromatic ring is 1. The zero-order valence-corrected chi connectivity index (χ0v) is 11.7. The van der Waals surface area contributed by atoms with Gasteiger partial charge in [0.1, 0.15) is 11.6 Å². The Hall–Kier alpha value is -1.82. The van der Waals surface area contributed by atoms with Crippen LogP contribution in [0.15, 0.2) is 28.7 Å². The summed E-state index contributed by atoms with van der Waals surface area (Å²) in [5, 5.41) is 6.14. The molecule has 2 aromatic rings. The van der Waals surface area contributed by atoms with E-state index in [0.29, 0.717) is 11.6 Å². The van der Waals surface area contributed by atoms with Crippen LogP contribution in [0.3, 0.4) is 0 Å². The molecule has 0 atom stereocenters. The summed E-state index contributed by atoms with van der Waals surface area (Å²) in [5.41, 5.74) is 7.74. The van der Waals surface area contributed by atoms with E-state index in [1.54, 1.807) is 13.1 Å². The van der Waals surface area contributed by atoms with E-state index in [4.69, 9.17) is 5.73 Å². The van der Waals surface area contributed by atoms with Gasteiger partial charge in [-0.2, -0.15) is 9.97 Å². The molecule has 4 N–H and O–H groups in total. The van der Waals surface area contributed by atoms with E-state index in [9.17, 15) is 0 Å². The van der Waals surface area contributed by atoms with Gasteiger partial charge in [0.25, 0.3) is 0 Å². The number of aromatic nitrogens is 2. The van der Waals surface area contributed by atoms with Crippen molar-refractivity contribution in [2.75, 3.05) is 23.4 Å². The van der Waals surface area contributed by atoms with E-state index in [2.05, 4.69) is 36.5 Å². The molecule has 0 fully saturated rings. The molecule has 0 aliphatic heterocycles. The van der Waals surface area contributed by atoms with E-state index in [-0.39, 0.29) is 5.95 Å². The summed E-state index contributed by atoms with van der Waals surface area (Å²) in [5.74, 6) is 1.57. The smallest absolute Gasteiger partial charge is 0.223 e. The molecule has 0 saturated heterocycles. The number of anilines is 4. The molecule has 18 heavy (non-hydrogen) atoms. The highest BCUT2D eigenvalue weighted by molar-refractivity contribution is 9.10. The summed E-state index contributed by atoms with van der Waals surface area (Å²) in [6, 6.07) is 7.84. The lowest BCUT2D eigenvalue weighted by Crippen LogP contribution is -2.03. The first-order chi connectivity index (χ1) is 8.56. The van der Waals surface area contributed by atoms with Crippen LogP contribution >= 0.6 is 15.9 Å². The van der Waals surface area contributed by atoms with Gasteiger partial charge in [0.15, 0.2) is 0 Å². The molecule has 1 aromatic heterocycles. The highest BCUT2D eigenvalue weighted by Crippen LogP contribution is 2.23. The first-order valence-electron chi connectivity index (χ1n) is 5.43. The van der Waals surface area contributed by atoms with Gasteiger partial charge in [-0.3, -0.25) is 0 Å². The molecule has 0 saturated carbocycles. The number of nitrogens with one attached hydrogen (secondary N) is 2. The third-order valence-corrected chi connectivity index (χ3v) is 2.77. The minimum atomic E-state index is 0.232. The van der Waals surface area contributed by atoms with Gasteiger partial charge in [-0.1, -0.05) is 15.9 Å². The Kier molecular flexibility index (Phi) is 3.66. The lowest BCUT2D eigenvalue weighted by Gasteiger charge is -2.09. The SMILES string of the molecule is CNc1cc(Nc2cc(C)cc(Br)c2)nc(N)n1. The van der Waals surface area contributed by atoms with Crippen molar-refractivity contribution in [2.24, 2.45) is 0 Å². The van der Waals surface area contributed by atoms with Crippen LogP contribution in [0.4, 0.5) is 23.3 Å². The van der Waals surface area contributed by atoms with Gasteiger partial charge in [0, 0.05) is 23.3 Å². The van der Waals surface area contributed by atoms with Crippen molar-refractivity contribution in [1.82, 2.24) is 9.97 Å². The van der Waals surface area contributed by atoms with E-state index < -0.39 is 0 Å². The molecule has 0 bridgehead atoms. The van der Waals surface area contributed by atoms with Crippen LogP contribution in [0.5, 0.6) is 0 Å². The predicted octanol–water partition coefficient (Wildman–Crippen LogP) is 2.92. The van der Waals surface area contributed by atoms with Crippen LogP contribution in [0.2, 0.25) is 0 Å². The molecule has 0 spiro atoms. The second-order valence-electron chi connectivity index (χ2n) is 3.89. The molecule has 1 aromatic carbocycles. The first-order valence-corrected chi connectivity index (χ1v) is 6.22. The topological polar surface area (TPSA) is 75.9 Å². The van der Waals surface area contributed by atoms with Gasteiger partial charge in [0.2, 0.25) is 5.95 Å². The van der Waals surface area contributed by atoms with E-state index in [0.717, 1.165) is 15.7 Å². The molecule has 1 heterocycles. The molecular formula is C12H14BrN5. The lowest BCUT2D eigenvalue weighted by molar-refractivity contribution is 1.17. The van der Waals surface area contributed by atoms with Crippen molar-refractivity contribution in [3.63, 3.8) is 0 Å². The zero-order valence-electron chi connectivity index (χ0n) is 10.2. The summed E-state index contributed by atoms with van der Waals surface area (Å²) in [4.78, 5) is 8.17. The summed E-state index contributed by atoms with van der Waals surface area (Å²) < 4.78 is 1.01. The second-order valence-corrected chi connectivity index (χ2v) is 4.80. The fourth-order valence-electron chi connectivity index (χ4n) is 1.61. The first kappa shape index (κ1) is 12.6. The van der Waals surface area contributed by atoms with Crippen molar-refractivity contribution >= 4 is 39.2 Å². The minimum Gasteiger partial charge on any atom is -0.373 e. The van der Waals surface area contributed by atoms with Gasteiger partial charge in [-0.25, -0.2) is 0 Å². The molecule has 5 nitrogen and oxygen atoms in total. The Morgan fingerprint density at radius 2 is 1.83 bits per heavy atom. The largest absolute Gasteiger partial charge is 0.373 e. The average molecular weight is 308 g/mol. The monoisotopic (exact) mass is 307 g/mol. The lowest BCUT2D eigenvalue weighted by atomic mass is 10.2. The Bertz CT molecular complexity index is 550. The number of halogens is 1. The van der Waals surface area contributed by atoms with Crippen LogP contribution < -0.4 is 16.4 Å². The maximum absolute atomic E-state index is 5.64. The van der Waals surface area contributed by atoms with Crippen LogP contribution in [0.1, 0.15) is 5.56 Å². The standard InChI is InChI=1S/C12H14BrN5/c1-7-3-8(13)5-9(4-7)16-11-6-10(15-2)17-12(14)18-11/h3-6H,1-2H3,(H4,14,15,16,17,18). The summed E-state index contributed by atoms with van der Waals surface area (Å²) >= 11 is 3.46. The van der Waals surface area contributed by atoms with Crippen LogP contribution in [-0.2, 0) is 0 Å². The van der Waals surface area contributed by atoms with E-state index in [1.807, 2.05) is 25.1 Å². The number of nitrogens with zero attached hydrogens (tertiary/aromatic N) is 2. The average Bonchev–Trinajstić information content (AvgIpc) is 2.26. The Morgan fingerprint density at radius 3 is 2.50 bits per heavy atom. The predicted molar refractivity (Wildman–Crippen MR) is 78.2 cm³/mol.